The van der Waals surface area contributed by atoms with E-state index < -0.39 is 0 Å². The van der Waals surface area contributed by atoms with Gasteiger partial charge in [0.15, 0.2) is 0 Å². The molecule has 0 aliphatic carbocycles. The van der Waals surface area contributed by atoms with E-state index in [0.29, 0.717) is 18.3 Å². The molecule has 0 spiro atoms. The van der Waals surface area contributed by atoms with Gasteiger partial charge in [-0.05, 0) is 12.2 Å². The SMILES string of the molecule is C=CCn1ncc(NC2CCSC2)c(Cl)c1=O. The fraction of sp³-hybridized carbons (Fsp3) is 0.455. The predicted octanol–water partition coefficient (Wildman–Crippen LogP) is 2.00. The van der Waals surface area contributed by atoms with Crippen LogP contribution in [0, 0.1) is 0 Å². The van der Waals surface area contributed by atoms with Gasteiger partial charge in [0.25, 0.3) is 5.56 Å². The van der Waals surface area contributed by atoms with Crippen LogP contribution < -0.4 is 10.9 Å². The van der Waals surface area contributed by atoms with Gasteiger partial charge in [0.05, 0.1) is 18.4 Å². The first kappa shape index (κ1) is 12.5. The second-order valence-corrected chi connectivity index (χ2v) is 5.38. The standard InChI is InChI=1S/C11H14ClN3OS/c1-2-4-15-11(16)10(12)9(6-13-15)14-8-3-5-17-7-8/h2,6,8,14H,1,3-5,7H2. The third-order valence-corrected chi connectivity index (χ3v) is 4.10. The molecule has 1 unspecified atom stereocenters. The van der Waals surface area contributed by atoms with E-state index in [0.717, 1.165) is 17.9 Å². The van der Waals surface area contributed by atoms with Gasteiger partial charge >= 0.3 is 0 Å². The monoisotopic (exact) mass is 271 g/mol. The molecular weight excluding hydrogens is 258 g/mol. The Morgan fingerprint density at radius 1 is 1.76 bits per heavy atom. The highest BCUT2D eigenvalue weighted by molar-refractivity contribution is 7.99. The highest BCUT2D eigenvalue weighted by atomic mass is 35.5. The van der Waals surface area contributed by atoms with Crippen molar-refractivity contribution >= 4 is 29.1 Å². The van der Waals surface area contributed by atoms with E-state index in [-0.39, 0.29) is 10.6 Å². The minimum absolute atomic E-state index is 0.207. The van der Waals surface area contributed by atoms with Gasteiger partial charge in [-0.2, -0.15) is 16.9 Å². The molecule has 1 aliphatic heterocycles. The Hall–Kier alpha value is -0.940. The Bertz CT molecular complexity index is 468. The number of halogens is 1. The van der Waals surface area contributed by atoms with Gasteiger partial charge in [-0.25, -0.2) is 4.68 Å². The van der Waals surface area contributed by atoms with Crippen LogP contribution in [0.1, 0.15) is 6.42 Å². The first-order valence-electron chi connectivity index (χ1n) is 5.43. The molecule has 17 heavy (non-hydrogen) atoms. The van der Waals surface area contributed by atoms with Gasteiger partial charge in [0.2, 0.25) is 0 Å². The Balaban J connectivity index is 2.20. The lowest BCUT2D eigenvalue weighted by Crippen LogP contribution is -2.26. The van der Waals surface area contributed by atoms with Crippen LogP contribution in [0.4, 0.5) is 5.69 Å². The van der Waals surface area contributed by atoms with Crippen LogP contribution in [0.2, 0.25) is 5.02 Å². The molecule has 4 nitrogen and oxygen atoms in total. The normalized spacial score (nSPS) is 19.2. The van der Waals surface area contributed by atoms with Crippen LogP contribution in [0.15, 0.2) is 23.6 Å². The van der Waals surface area contributed by atoms with Crippen molar-refractivity contribution in [3.05, 3.63) is 34.2 Å². The summed E-state index contributed by atoms with van der Waals surface area (Å²) in [7, 11) is 0. The van der Waals surface area contributed by atoms with Crippen LogP contribution in [0.3, 0.4) is 0 Å². The average Bonchev–Trinajstić information content (AvgIpc) is 2.82. The third-order valence-electron chi connectivity index (χ3n) is 2.58. The molecule has 2 rings (SSSR count). The molecule has 1 fully saturated rings. The zero-order valence-corrected chi connectivity index (χ0v) is 10.9. The molecule has 0 aromatic carbocycles. The van der Waals surface area contributed by atoms with Gasteiger partial charge in [0.1, 0.15) is 5.02 Å². The number of hydrogen-bond acceptors (Lipinski definition) is 4. The summed E-state index contributed by atoms with van der Waals surface area (Å²) in [4.78, 5) is 11.8. The van der Waals surface area contributed by atoms with Gasteiger partial charge in [-0.3, -0.25) is 4.79 Å². The second kappa shape index (κ2) is 5.60. The summed E-state index contributed by atoms with van der Waals surface area (Å²) in [6.45, 7) is 3.94. The molecule has 0 radical (unpaired) electrons. The maximum atomic E-state index is 11.8. The summed E-state index contributed by atoms with van der Waals surface area (Å²) in [5.41, 5.74) is 0.353. The second-order valence-electron chi connectivity index (χ2n) is 3.85. The third kappa shape index (κ3) is 2.84. The van der Waals surface area contributed by atoms with Crippen molar-refractivity contribution < 1.29 is 0 Å². The van der Waals surface area contributed by atoms with Crippen LogP contribution in [0.5, 0.6) is 0 Å². The van der Waals surface area contributed by atoms with Crippen LogP contribution in [0.25, 0.3) is 0 Å². The Kier molecular flexibility index (Phi) is 4.12. The molecule has 92 valence electrons. The van der Waals surface area contributed by atoms with Crippen molar-refractivity contribution in [2.24, 2.45) is 0 Å². The largest absolute Gasteiger partial charge is 0.379 e. The Morgan fingerprint density at radius 3 is 3.24 bits per heavy atom. The molecule has 1 N–H and O–H groups in total. The zero-order chi connectivity index (χ0) is 12.3. The van der Waals surface area contributed by atoms with E-state index in [1.807, 2.05) is 11.8 Å². The maximum absolute atomic E-state index is 11.8. The molecule has 1 aromatic heterocycles. The van der Waals surface area contributed by atoms with E-state index in [9.17, 15) is 4.79 Å². The Morgan fingerprint density at radius 2 is 2.59 bits per heavy atom. The molecule has 1 saturated heterocycles. The van der Waals surface area contributed by atoms with E-state index in [4.69, 9.17) is 11.6 Å². The highest BCUT2D eigenvalue weighted by Crippen LogP contribution is 2.23. The van der Waals surface area contributed by atoms with Crippen LogP contribution in [-0.2, 0) is 6.54 Å². The summed E-state index contributed by atoms with van der Waals surface area (Å²) in [5, 5.41) is 7.52. The number of nitrogens with one attached hydrogen (secondary N) is 1. The van der Waals surface area contributed by atoms with Crippen molar-refractivity contribution in [1.82, 2.24) is 9.78 Å². The van der Waals surface area contributed by atoms with Crippen LogP contribution >= 0.6 is 23.4 Å². The van der Waals surface area contributed by atoms with Crippen LogP contribution in [-0.4, -0.2) is 27.3 Å². The quantitative estimate of drug-likeness (QED) is 0.851. The van der Waals surface area contributed by atoms with Gasteiger partial charge in [-0.1, -0.05) is 17.7 Å². The van der Waals surface area contributed by atoms with E-state index in [1.165, 1.54) is 4.68 Å². The first-order chi connectivity index (χ1) is 8.22. The number of hydrogen-bond donors (Lipinski definition) is 1. The lowest BCUT2D eigenvalue weighted by atomic mass is 10.2. The fourth-order valence-corrected chi connectivity index (χ4v) is 3.04. The van der Waals surface area contributed by atoms with Crippen molar-refractivity contribution in [2.75, 3.05) is 16.8 Å². The van der Waals surface area contributed by atoms with Gasteiger partial charge in [-0.15, -0.1) is 6.58 Å². The minimum Gasteiger partial charge on any atom is -0.379 e. The molecule has 1 aliphatic rings. The average molecular weight is 272 g/mol. The summed E-state index contributed by atoms with van der Waals surface area (Å²) >= 11 is 7.94. The topological polar surface area (TPSA) is 46.9 Å². The summed E-state index contributed by atoms with van der Waals surface area (Å²) < 4.78 is 1.30. The molecule has 2 heterocycles. The van der Waals surface area contributed by atoms with Crippen molar-refractivity contribution in [3.63, 3.8) is 0 Å². The number of allylic oxidation sites excluding steroid dienone is 1. The van der Waals surface area contributed by atoms with E-state index in [1.54, 1.807) is 12.3 Å². The van der Waals surface area contributed by atoms with Crippen molar-refractivity contribution in [2.45, 2.75) is 19.0 Å². The van der Waals surface area contributed by atoms with E-state index in [2.05, 4.69) is 17.0 Å². The molecule has 1 aromatic rings. The fourth-order valence-electron chi connectivity index (χ4n) is 1.69. The summed E-state index contributed by atoms with van der Waals surface area (Å²) in [6.07, 6.45) is 4.32. The number of rotatable bonds is 4. The molecule has 6 heteroatoms. The highest BCUT2D eigenvalue weighted by Gasteiger charge is 2.17. The summed E-state index contributed by atoms with van der Waals surface area (Å²) in [6, 6.07) is 0.383. The predicted molar refractivity (Wildman–Crippen MR) is 73.1 cm³/mol. The Labute approximate surface area is 109 Å². The zero-order valence-electron chi connectivity index (χ0n) is 9.36. The van der Waals surface area contributed by atoms with Gasteiger partial charge < -0.3 is 5.32 Å². The number of aromatic nitrogens is 2. The molecule has 0 bridgehead atoms. The van der Waals surface area contributed by atoms with E-state index >= 15 is 0 Å². The van der Waals surface area contributed by atoms with Crippen molar-refractivity contribution in [1.29, 1.82) is 0 Å². The van der Waals surface area contributed by atoms with Gasteiger partial charge in [0, 0.05) is 11.8 Å². The smallest absolute Gasteiger partial charge is 0.287 e. The number of thioether (sulfide) groups is 1. The molecule has 0 amide bonds. The molecule has 1 atom stereocenters. The summed E-state index contributed by atoms with van der Waals surface area (Å²) in [5.74, 6) is 2.20. The first-order valence-corrected chi connectivity index (χ1v) is 6.96. The number of anilines is 1. The minimum atomic E-state index is -0.276. The molecule has 0 saturated carbocycles. The maximum Gasteiger partial charge on any atom is 0.287 e. The lowest BCUT2D eigenvalue weighted by Gasteiger charge is -2.14. The lowest BCUT2D eigenvalue weighted by molar-refractivity contribution is 0.651. The molecular formula is C11H14ClN3OS. The van der Waals surface area contributed by atoms with Crippen molar-refractivity contribution in [3.8, 4) is 0 Å². The number of nitrogens with zero attached hydrogens (tertiary/aromatic N) is 2.